The van der Waals surface area contributed by atoms with E-state index in [0.717, 1.165) is 17.0 Å². The van der Waals surface area contributed by atoms with E-state index in [1.165, 1.54) is 0 Å². The van der Waals surface area contributed by atoms with Crippen molar-refractivity contribution in [1.82, 2.24) is 4.98 Å². The molecule has 0 saturated carbocycles. The van der Waals surface area contributed by atoms with Gasteiger partial charge in [-0.05, 0) is 25.5 Å². The normalized spacial score (nSPS) is 9.73. The Morgan fingerprint density at radius 1 is 1.40 bits per heavy atom. The van der Waals surface area contributed by atoms with E-state index in [1.54, 1.807) is 13.2 Å². The second-order valence-electron chi connectivity index (χ2n) is 3.19. The number of aryl methyl sites for hydroxylation is 2. The first-order chi connectivity index (χ1) is 7.19. The summed E-state index contributed by atoms with van der Waals surface area (Å²) in [6, 6.07) is 3.73. The van der Waals surface area contributed by atoms with Crippen LogP contribution in [0.25, 0.3) is 0 Å². The second-order valence-corrected chi connectivity index (χ2v) is 3.19. The zero-order chi connectivity index (χ0) is 11.3. The monoisotopic (exact) mass is 206 g/mol. The molecule has 0 radical (unpaired) electrons. The molecular weight excluding hydrogens is 192 g/mol. The molecule has 0 aliphatic carbocycles. The van der Waals surface area contributed by atoms with Gasteiger partial charge in [0.05, 0.1) is 12.3 Å². The van der Waals surface area contributed by atoms with Crippen molar-refractivity contribution in [2.45, 2.75) is 13.8 Å². The summed E-state index contributed by atoms with van der Waals surface area (Å²) in [4.78, 5) is 4.10. The fourth-order valence-electron chi connectivity index (χ4n) is 1.32. The van der Waals surface area contributed by atoms with Crippen LogP contribution in [0.4, 0.5) is 0 Å². The molecule has 1 rings (SSSR count). The number of hydrogen-bond donors (Lipinski definition) is 0. The molecule has 80 valence electrons. The molecule has 0 N–H and O–H groups in total. The number of ether oxygens (including phenoxy) is 2. The molecule has 4 nitrogen and oxygen atoms in total. The van der Waals surface area contributed by atoms with E-state index >= 15 is 0 Å². The lowest BCUT2D eigenvalue weighted by Crippen LogP contribution is -2.07. The standard InChI is InChI=1S/C11H14N2O2/c1-8-6-10(7-12)13-9(2)11(8)15-5-4-14-3/h6H,4-5H2,1-3H3. The summed E-state index contributed by atoms with van der Waals surface area (Å²) in [5.74, 6) is 0.742. The molecular formula is C11H14N2O2. The predicted octanol–water partition coefficient (Wildman–Crippen LogP) is 1.60. The zero-order valence-electron chi connectivity index (χ0n) is 9.20. The molecule has 15 heavy (non-hydrogen) atoms. The third kappa shape index (κ3) is 2.93. The molecule has 0 bridgehead atoms. The van der Waals surface area contributed by atoms with Crippen LogP contribution in [0.5, 0.6) is 5.75 Å². The summed E-state index contributed by atoms with van der Waals surface area (Å²) in [6.07, 6.45) is 0. The number of methoxy groups -OCH3 is 1. The number of aromatic nitrogens is 1. The maximum absolute atomic E-state index is 8.72. The fraction of sp³-hybridized carbons (Fsp3) is 0.455. The molecule has 0 unspecified atom stereocenters. The van der Waals surface area contributed by atoms with Gasteiger partial charge in [-0.15, -0.1) is 0 Å². The van der Waals surface area contributed by atoms with E-state index in [-0.39, 0.29) is 0 Å². The highest BCUT2D eigenvalue weighted by molar-refractivity contribution is 5.40. The average molecular weight is 206 g/mol. The van der Waals surface area contributed by atoms with E-state index in [1.807, 2.05) is 19.9 Å². The molecule has 1 heterocycles. The Labute approximate surface area is 89.5 Å². The highest BCUT2D eigenvalue weighted by atomic mass is 16.5. The molecule has 0 aliphatic rings. The molecule has 0 spiro atoms. The summed E-state index contributed by atoms with van der Waals surface area (Å²) in [5, 5.41) is 8.72. The van der Waals surface area contributed by atoms with E-state index in [2.05, 4.69) is 4.98 Å². The maximum Gasteiger partial charge on any atom is 0.143 e. The minimum absolute atomic E-state index is 0.420. The lowest BCUT2D eigenvalue weighted by Gasteiger charge is -2.10. The summed E-state index contributed by atoms with van der Waals surface area (Å²) in [6.45, 7) is 4.76. The highest BCUT2D eigenvalue weighted by Crippen LogP contribution is 2.21. The smallest absolute Gasteiger partial charge is 0.143 e. The van der Waals surface area contributed by atoms with Crippen molar-refractivity contribution in [2.24, 2.45) is 0 Å². The van der Waals surface area contributed by atoms with Crippen molar-refractivity contribution in [3.63, 3.8) is 0 Å². The van der Waals surface area contributed by atoms with Gasteiger partial charge in [0.1, 0.15) is 24.1 Å². The van der Waals surface area contributed by atoms with Crippen molar-refractivity contribution in [1.29, 1.82) is 5.26 Å². The Morgan fingerprint density at radius 2 is 2.13 bits per heavy atom. The average Bonchev–Trinajstić information content (AvgIpc) is 2.22. The molecule has 1 aromatic heterocycles. The van der Waals surface area contributed by atoms with Gasteiger partial charge in [-0.1, -0.05) is 0 Å². The van der Waals surface area contributed by atoms with Gasteiger partial charge in [0.2, 0.25) is 0 Å². The molecule has 0 fully saturated rings. The number of hydrogen-bond acceptors (Lipinski definition) is 4. The molecule has 1 aromatic rings. The minimum Gasteiger partial charge on any atom is -0.489 e. The van der Waals surface area contributed by atoms with Crippen molar-refractivity contribution in [3.05, 3.63) is 23.0 Å². The van der Waals surface area contributed by atoms with Crippen LogP contribution in [-0.4, -0.2) is 25.3 Å². The number of nitrogens with zero attached hydrogens (tertiary/aromatic N) is 2. The van der Waals surface area contributed by atoms with Crippen LogP contribution in [0, 0.1) is 25.2 Å². The van der Waals surface area contributed by atoms with Crippen molar-refractivity contribution >= 4 is 0 Å². The van der Waals surface area contributed by atoms with Gasteiger partial charge in [0, 0.05) is 7.11 Å². The third-order valence-electron chi connectivity index (χ3n) is 1.98. The van der Waals surface area contributed by atoms with Gasteiger partial charge in [-0.2, -0.15) is 5.26 Å². The van der Waals surface area contributed by atoms with Gasteiger partial charge >= 0.3 is 0 Å². The van der Waals surface area contributed by atoms with Gasteiger partial charge in [-0.3, -0.25) is 0 Å². The summed E-state index contributed by atoms with van der Waals surface area (Å²) in [7, 11) is 1.63. The summed E-state index contributed by atoms with van der Waals surface area (Å²) >= 11 is 0. The fourth-order valence-corrected chi connectivity index (χ4v) is 1.32. The van der Waals surface area contributed by atoms with Crippen LogP contribution in [-0.2, 0) is 4.74 Å². The Kier molecular flexibility index (Phi) is 4.07. The first-order valence-corrected chi connectivity index (χ1v) is 4.69. The van der Waals surface area contributed by atoms with Gasteiger partial charge < -0.3 is 9.47 Å². The lowest BCUT2D eigenvalue weighted by molar-refractivity contribution is 0.145. The Balaban J connectivity index is 2.85. The van der Waals surface area contributed by atoms with Gasteiger partial charge in [0.15, 0.2) is 0 Å². The molecule has 0 atom stereocenters. The Hall–Kier alpha value is -1.60. The second kappa shape index (κ2) is 5.32. The molecule has 0 aromatic carbocycles. The van der Waals surface area contributed by atoms with Crippen LogP contribution in [0.3, 0.4) is 0 Å². The lowest BCUT2D eigenvalue weighted by atomic mass is 10.2. The van der Waals surface area contributed by atoms with Crippen LogP contribution in [0.2, 0.25) is 0 Å². The third-order valence-corrected chi connectivity index (χ3v) is 1.98. The number of pyridine rings is 1. The summed E-state index contributed by atoms with van der Waals surface area (Å²) < 4.78 is 10.4. The molecule has 0 saturated heterocycles. The number of nitriles is 1. The van der Waals surface area contributed by atoms with Crippen molar-refractivity contribution < 1.29 is 9.47 Å². The Morgan fingerprint density at radius 3 is 2.67 bits per heavy atom. The topological polar surface area (TPSA) is 55.1 Å². The minimum atomic E-state index is 0.420. The van der Waals surface area contributed by atoms with E-state index in [9.17, 15) is 0 Å². The van der Waals surface area contributed by atoms with Gasteiger partial charge in [-0.25, -0.2) is 4.98 Å². The van der Waals surface area contributed by atoms with Crippen molar-refractivity contribution in [3.8, 4) is 11.8 Å². The molecule has 4 heteroatoms. The molecule has 0 amide bonds. The number of rotatable bonds is 4. The zero-order valence-corrected chi connectivity index (χ0v) is 9.20. The maximum atomic E-state index is 8.72. The Bertz CT molecular complexity index is 360. The molecule has 0 aliphatic heterocycles. The van der Waals surface area contributed by atoms with Crippen LogP contribution >= 0.6 is 0 Å². The SMILES string of the molecule is COCCOc1c(C)cc(C#N)nc1C. The largest absolute Gasteiger partial charge is 0.489 e. The summed E-state index contributed by atoms with van der Waals surface area (Å²) in [5.41, 5.74) is 2.09. The van der Waals surface area contributed by atoms with Crippen LogP contribution in [0.15, 0.2) is 6.07 Å². The van der Waals surface area contributed by atoms with Crippen LogP contribution in [0.1, 0.15) is 17.0 Å². The van der Waals surface area contributed by atoms with E-state index < -0.39 is 0 Å². The van der Waals surface area contributed by atoms with Crippen molar-refractivity contribution in [2.75, 3.05) is 20.3 Å². The predicted molar refractivity (Wildman–Crippen MR) is 55.8 cm³/mol. The first kappa shape index (κ1) is 11.5. The quantitative estimate of drug-likeness (QED) is 0.702. The van der Waals surface area contributed by atoms with E-state index in [0.29, 0.717) is 18.9 Å². The van der Waals surface area contributed by atoms with E-state index in [4.69, 9.17) is 14.7 Å². The first-order valence-electron chi connectivity index (χ1n) is 4.69. The highest BCUT2D eigenvalue weighted by Gasteiger charge is 2.07. The van der Waals surface area contributed by atoms with Crippen LogP contribution < -0.4 is 4.74 Å². The van der Waals surface area contributed by atoms with Gasteiger partial charge in [0.25, 0.3) is 0 Å².